The maximum atomic E-state index is 12.7. The second kappa shape index (κ2) is 5.13. The molecule has 6 heteroatoms. The van der Waals surface area contributed by atoms with E-state index >= 15 is 0 Å². The fourth-order valence-corrected chi connectivity index (χ4v) is 2.84. The highest BCUT2D eigenvalue weighted by atomic mass is 16.5. The maximum absolute atomic E-state index is 12.7. The zero-order valence-corrected chi connectivity index (χ0v) is 13.1. The molecule has 0 saturated carbocycles. The minimum absolute atomic E-state index is 0.0178. The third-order valence-electron chi connectivity index (χ3n) is 4.11. The Labute approximate surface area is 137 Å². The summed E-state index contributed by atoms with van der Waals surface area (Å²) in [5.41, 5.74) is 2.21. The van der Waals surface area contributed by atoms with Crippen LogP contribution in [0.25, 0.3) is 10.9 Å². The van der Waals surface area contributed by atoms with Gasteiger partial charge in [0.2, 0.25) is 5.78 Å². The maximum Gasteiger partial charge on any atom is 0.215 e. The van der Waals surface area contributed by atoms with Gasteiger partial charge >= 0.3 is 0 Å². The van der Waals surface area contributed by atoms with Gasteiger partial charge in [-0.1, -0.05) is 0 Å². The van der Waals surface area contributed by atoms with E-state index in [1.807, 2.05) is 0 Å². The van der Waals surface area contributed by atoms with Gasteiger partial charge in [-0.25, -0.2) is 4.99 Å². The van der Waals surface area contributed by atoms with Crippen LogP contribution in [0, 0.1) is 0 Å². The number of aliphatic imine (C=N–C) groups is 1. The van der Waals surface area contributed by atoms with Crippen LogP contribution < -0.4 is 9.47 Å². The number of ether oxygens (including phenoxy) is 2. The quantitative estimate of drug-likeness (QED) is 0.775. The Morgan fingerprint density at radius 2 is 1.75 bits per heavy atom. The van der Waals surface area contributed by atoms with E-state index in [1.165, 1.54) is 0 Å². The van der Waals surface area contributed by atoms with E-state index in [1.54, 1.807) is 50.6 Å². The normalized spacial score (nSPS) is 13.1. The Bertz CT molecular complexity index is 1020. The van der Waals surface area contributed by atoms with Crippen LogP contribution in [0.4, 0.5) is 5.69 Å². The molecule has 2 heterocycles. The monoisotopic (exact) mass is 322 g/mol. The number of hydrogen-bond acceptors (Lipinski definition) is 5. The Morgan fingerprint density at radius 1 is 1.04 bits per heavy atom. The summed E-state index contributed by atoms with van der Waals surface area (Å²) in [5.74, 6) is 0.939. The molecule has 1 aliphatic rings. The molecule has 1 aliphatic heterocycles. The summed E-state index contributed by atoms with van der Waals surface area (Å²) in [6, 6.07) is 10.4. The van der Waals surface area contributed by atoms with Gasteiger partial charge in [-0.3, -0.25) is 4.79 Å². The first kappa shape index (κ1) is 14.3. The molecule has 2 N–H and O–H groups in total. The van der Waals surface area contributed by atoms with Crippen molar-refractivity contribution in [2.75, 3.05) is 14.2 Å². The lowest BCUT2D eigenvalue weighted by atomic mass is 10.1. The highest BCUT2D eigenvalue weighted by molar-refractivity contribution is 6.55. The molecule has 0 fully saturated rings. The number of hydrogen-bond donors (Lipinski definition) is 2. The van der Waals surface area contributed by atoms with E-state index in [0.29, 0.717) is 39.3 Å². The summed E-state index contributed by atoms with van der Waals surface area (Å²) in [6.07, 6.45) is 0. The van der Waals surface area contributed by atoms with Crippen molar-refractivity contribution in [3.63, 3.8) is 0 Å². The van der Waals surface area contributed by atoms with Gasteiger partial charge in [0.1, 0.15) is 22.9 Å². The molecule has 4 rings (SSSR count). The first-order valence-corrected chi connectivity index (χ1v) is 7.33. The smallest absolute Gasteiger partial charge is 0.215 e. The molecule has 0 amide bonds. The summed E-state index contributed by atoms with van der Waals surface area (Å²) in [7, 11) is 3.10. The molecule has 0 spiro atoms. The van der Waals surface area contributed by atoms with E-state index in [0.717, 1.165) is 0 Å². The molecule has 0 atom stereocenters. The lowest BCUT2D eigenvalue weighted by molar-refractivity contribution is 0.106. The van der Waals surface area contributed by atoms with E-state index in [2.05, 4.69) is 9.98 Å². The number of fused-ring (bicyclic) bond motifs is 2. The number of H-pyrrole nitrogens is 1. The highest BCUT2D eigenvalue weighted by Gasteiger charge is 2.30. The topological polar surface area (TPSA) is 83.9 Å². The third kappa shape index (κ3) is 1.96. The molecule has 0 radical (unpaired) electrons. The minimum Gasteiger partial charge on any atom is -0.505 e. The average Bonchev–Trinajstić information content (AvgIpc) is 3.11. The van der Waals surface area contributed by atoms with Crippen molar-refractivity contribution in [1.82, 2.24) is 4.98 Å². The molecule has 120 valence electrons. The summed E-state index contributed by atoms with van der Waals surface area (Å²) >= 11 is 0. The van der Waals surface area contributed by atoms with Crippen molar-refractivity contribution >= 4 is 28.1 Å². The number of aromatic nitrogens is 1. The first-order chi connectivity index (χ1) is 11.6. The first-order valence-electron chi connectivity index (χ1n) is 7.33. The number of aromatic hydroxyl groups is 1. The number of Topliss-reactive ketones (excluding diaryl/α,β-unsaturated/α-hetero) is 1. The minimum atomic E-state index is -0.252. The van der Waals surface area contributed by atoms with Gasteiger partial charge in [-0.2, -0.15) is 0 Å². The number of benzene rings is 2. The zero-order valence-electron chi connectivity index (χ0n) is 13.1. The van der Waals surface area contributed by atoms with Crippen LogP contribution in [0.1, 0.15) is 16.1 Å². The Hall–Kier alpha value is -3.28. The van der Waals surface area contributed by atoms with Crippen molar-refractivity contribution in [3.05, 3.63) is 47.7 Å². The van der Waals surface area contributed by atoms with Crippen LogP contribution >= 0.6 is 0 Å². The number of carbonyl (C=O) groups is 1. The zero-order chi connectivity index (χ0) is 16.8. The van der Waals surface area contributed by atoms with Gasteiger partial charge in [0.15, 0.2) is 5.75 Å². The summed E-state index contributed by atoms with van der Waals surface area (Å²) in [4.78, 5) is 20.1. The van der Waals surface area contributed by atoms with E-state index in [9.17, 15) is 9.90 Å². The van der Waals surface area contributed by atoms with Crippen molar-refractivity contribution in [3.8, 4) is 17.2 Å². The Balaban J connectivity index is 1.84. The molecule has 0 unspecified atom stereocenters. The predicted octanol–water partition coefficient (Wildman–Crippen LogP) is 3.21. The number of methoxy groups -OCH3 is 2. The van der Waals surface area contributed by atoms with Crippen LogP contribution in [0.5, 0.6) is 17.2 Å². The molecule has 1 aromatic heterocycles. The van der Waals surface area contributed by atoms with E-state index in [-0.39, 0.29) is 17.2 Å². The summed E-state index contributed by atoms with van der Waals surface area (Å²) < 4.78 is 10.3. The molecule has 24 heavy (non-hydrogen) atoms. The van der Waals surface area contributed by atoms with Crippen LogP contribution in [0.3, 0.4) is 0 Å². The average molecular weight is 322 g/mol. The highest BCUT2D eigenvalue weighted by Crippen LogP contribution is 2.37. The molecular weight excluding hydrogens is 308 g/mol. The number of carbonyl (C=O) groups excluding carboxylic acids is 1. The van der Waals surface area contributed by atoms with E-state index in [4.69, 9.17) is 9.47 Å². The Morgan fingerprint density at radius 3 is 2.50 bits per heavy atom. The van der Waals surface area contributed by atoms with Crippen LogP contribution in [-0.4, -0.2) is 35.8 Å². The molecular formula is C18H14N2O4. The standard InChI is InChI=1S/C18H14N2O4/c1-23-9-3-5-13-11(7-9)17(21)15(19-13)16-18(22)12-8-10(24-2)4-6-14(12)20-16/h3-8,19,21H,1-2H3. The Kier molecular flexibility index (Phi) is 3.06. The van der Waals surface area contributed by atoms with Gasteiger partial charge < -0.3 is 19.6 Å². The number of rotatable bonds is 3. The molecule has 0 aliphatic carbocycles. The summed E-state index contributed by atoms with van der Waals surface area (Å²) in [5, 5.41) is 11.1. The third-order valence-corrected chi connectivity index (χ3v) is 4.11. The van der Waals surface area contributed by atoms with Crippen LogP contribution in [0.2, 0.25) is 0 Å². The van der Waals surface area contributed by atoms with Crippen molar-refractivity contribution in [2.45, 2.75) is 0 Å². The van der Waals surface area contributed by atoms with Gasteiger partial charge in [-0.15, -0.1) is 0 Å². The molecule has 0 saturated heterocycles. The molecule has 3 aromatic rings. The number of nitrogens with one attached hydrogen (secondary N) is 1. The fourth-order valence-electron chi connectivity index (χ4n) is 2.84. The van der Waals surface area contributed by atoms with E-state index < -0.39 is 0 Å². The second-order valence-corrected chi connectivity index (χ2v) is 5.43. The number of ketones is 1. The molecule has 6 nitrogen and oxygen atoms in total. The second-order valence-electron chi connectivity index (χ2n) is 5.43. The van der Waals surface area contributed by atoms with Crippen LogP contribution in [-0.2, 0) is 0 Å². The molecule has 2 aromatic carbocycles. The SMILES string of the molecule is COc1ccc2c(c1)C(=O)C(c1[nH]c3ccc(OC)cc3c1O)=N2. The predicted molar refractivity (Wildman–Crippen MR) is 90.0 cm³/mol. The van der Waals surface area contributed by atoms with Gasteiger partial charge in [0, 0.05) is 10.9 Å². The largest absolute Gasteiger partial charge is 0.505 e. The van der Waals surface area contributed by atoms with Crippen LogP contribution in [0.15, 0.2) is 41.4 Å². The van der Waals surface area contributed by atoms with Crippen molar-refractivity contribution in [2.24, 2.45) is 4.99 Å². The lowest BCUT2D eigenvalue weighted by Crippen LogP contribution is -2.11. The fraction of sp³-hybridized carbons (Fsp3) is 0.111. The van der Waals surface area contributed by atoms with Gasteiger partial charge in [0.25, 0.3) is 0 Å². The molecule has 0 bridgehead atoms. The van der Waals surface area contributed by atoms with Crippen molar-refractivity contribution < 1.29 is 19.4 Å². The number of aromatic amines is 1. The lowest BCUT2D eigenvalue weighted by Gasteiger charge is -2.01. The van der Waals surface area contributed by atoms with Gasteiger partial charge in [-0.05, 0) is 36.4 Å². The number of nitrogens with zero attached hydrogens (tertiary/aromatic N) is 1. The van der Waals surface area contributed by atoms with Gasteiger partial charge in [0.05, 0.1) is 25.5 Å². The summed E-state index contributed by atoms with van der Waals surface area (Å²) in [6.45, 7) is 0. The van der Waals surface area contributed by atoms with Crippen molar-refractivity contribution in [1.29, 1.82) is 0 Å².